The minimum absolute atomic E-state index is 0.411. The average molecular weight is 461 g/mol. The third-order valence-corrected chi connectivity index (χ3v) is 8.57. The van der Waals surface area contributed by atoms with E-state index in [1.54, 1.807) is 11.3 Å². The Morgan fingerprint density at radius 1 is 1.20 bits per heavy atom. The van der Waals surface area contributed by atoms with E-state index in [1.165, 1.54) is 0 Å². The first kappa shape index (κ1) is 23.3. The minimum atomic E-state index is -1.34. The van der Waals surface area contributed by atoms with Crippen molar-refractivity contribution in [3.05, 3.63) is 58.4 Å². The summed E-state index contributed by atoms with van der Waals surface area (Å²) in [5.41, 5.74) is 3.89. The molecule has 30 heavy (non-hydrogen) atoms. The quantitative estimate of drug-likeness (QED) is 0.171. The molecule has 3 aromatic rings. The van der Waals surface area contributed by atoms with Crippen LogP contribution in [0.3, 0.4) is 0 Å². The molecule has 7 heteroatoms. The van der Waals surface area contributed by atoms with Crippen molar-refractivity contribution < 1.29 is 9.29 Å². The summed E-state index contributed by atoms with van der Waals surface area (Å²) in [6.45, 7) is 14.3. The van der Waals surface area contributed by atoms with E-state index in [0.29, 0.717) is 6.73 Å². The van der Waals surface area contributed by atoms with Crippen molar-refractivity contribution in [2.24, 2.45) is 4.40 Å². The van der Waals surface area contributed by atoms with Gasteiger partial charge in [-0.25, -0.2) is 0 Å². The SMILES string of the molecule is CC(C)(C)[S+]([O-])/N=C(/c1ccsc1)c1cccc2c1ccn2COCC[Si](C)(C)C. The molecule has 1 atom stereocenters. The van der Waals surface area contributed by atoms with Crippen molar-refractivity contribution >= 4 is 47.4 Å². The van der Waals surface area contributed by atoms with E-state index in [9.17, 15) is 4.55 Å². The predicted molar refractivity (Wildman–Crippen MR) is 134 cm³/mol. The van der Waals surface area contributed by atoms with Gasteiger partial charge >= 0.3 is 0 Å². The topological polar surface area (TPSA) is 49.6 Å². The summed E-state index contributed by atoms with van der Waals surface area (Å²) in [6, 6.07) is 11.5. The Labute approximate surface area is 188 Å². The third kappa shape index (κ3) is 5.86. The molecule has 0 aliphatic carbocycles. The first-order valence-electron chi connectivity index (χ1n) is 10.3. The van der Waals surface area contributed by atoms with Gasteiger partial charge in [-0.1, -0.05) is 36.2 Å². The van der Waals surface area contributed by atoms with Crippen molar-refractivity contribution in [3.63, 3.8) is 0 Å². The van der Waals surface area contributed by atoms with Crippen LogP contribution in [0.25, 0.3) is 10.9 Å². The fraction of sp³-hybridized carbons (Fsp3) is 0.435. The maximum absolute atomic E-state index is 12.8. The summed E-state index contributed by atoms with van der Waals surface area (Å²) in [7, 11) is -1.10. The van der Waals surface area contributed by atoms with E-state index in [-0.39, 0.29) is 0 Å². The van der Waals surface area contributed by atoms with E-state index >= 15 is 0 Å². The van der Waals surface area contributed by atoms with Crippen LogP contribution in [0.1, 0.15) is 31.9 Å². The first-order valence-corrected chi connectivity index (χ1v) is 16.0. The number of aromatic nitrogens is 1. The summed E-state index contributed by atoms with van der Waals surface area (Å²) in [5, 5.41) is 5.19. The van der Waals surface area contributed by atoms with Gasteiger partial charge in [-0.15, -0.1) is 0 Å². The van der Waals surface area contributed by atoms with Gasteiger partial charge in [-0.3, -0.25) is 0 Å². The molecule has 0 fully saturated rings. The third-order valence-electron chi connectivity index (χ3n) is 4.79. The van der Waals surface area contributed by atoms with Gasteiger partial charge in [0.2, 0.25) is 0 Å². The molecular formula is C23H32N2O2S2Si. The van der Waals surface area contributed by atoms with Crippen LogP contribution >= 0.6 is 11.3 Å². The van der Waals surface area contributed by atoms with Gasteiger partial charge in [0.15, 0.2) is 0 Å². The number of hydrogen-bond acceptors (Lipinski definition) is 4. The van der Waals surface area contributed by atoms with E-state index < -0.39 is 24.2 Å². The van der Waals surface area contributed by atoms with Crippen LogP contribution in [-0.2, 0) is 22.8 Å². The number of ether oxygens (including phenoxy) is 1. The summed E-state index contributed by atoms with van der Waals surface area (Å²) < 4.78 is 25.2. The Kier molecular flexibility index (Phi) is 7.30. The highest BCUT2D eigenvalue weighted by Crippen LogP contribution is 2.27. The van der Waals surface area contributed by atoms with Crippen LogP contribution in [0, 0.1) is 0 Å². The van der Waals surface area contributed by atoms with Crippen molar-refractivity contribution in [1.29, 1.82) is 0 Å². The molecule has 0 saturated carbocycles. The average Bonchev–Trinajstić information content (AvgIpc) is 3.31. The van der Waals surface area contributed by atoms with Gasteiger partial charge in [0.05, 0.1) is 5.52 Å². The second kappa shape index (κ2) is 9.40. The standard InChI is InChI=1S/C23H32N2O2S2Si/c1-23(2,3)29(26)24-22(18-11-14-28-16-18)20-8-7-9-21-19(20)10-12-25(21)17-27-13-15-30(4,5)6/h7-12,14,16H,13,15,17H2,1-6H3/b24-22-. The number of hydrogen-bond donors (Lipinski definition) is 0. The molecule has 1 unspecified atom stereocenters. The van der Waals surface area contributed by atoms with Crippen molar-refractivity contribution in [2.45, 2.75) is 57.9 Å². The second-order valence-corrected chi connectivity index (χ2v) is 18.0. The highest BCUT2D eigenvalue weighted by Gasteiger charge is 2.28. The van der Waals surface area contributed by atoms with Gasteiger partial charge in [0.25, 0.3) is 0 Å². The maximum Gasteiger partial charge on any atom is 0.144 e. The molecule has 3 rings (SSSR count). The molecule has 0 bridgehead atoms. The zero-order valence-corrected chi connectivity index (χ0v) is 21.4. The molecule has 162 valence electrons. The molecule has 2 aromatic heterocycles. The molecule has 0 aliphatic rings. The van der Waals surface area contributed by atoms with Crippen molar-refractivity contribution in [1.82, 2.24) is 4.57 Å². The Morgan fingerprint density at radius 3 is 2.60 bits per heavy atom. The maximum atomic E-state index is 12.8. The van der Waals surface area contributed by atoms with Gasteiger partial charge in [-0.05, 0) is 50.4 Å². The highest BCUT2D eigenvalue weighted by atomic mass is 32.2. The number of rotatable bonds is 8. The van der Waals surface area contributed by atoms with Gasteiger partial charge < -0.3 is 13.9 Å². The lowest BCUT2D eigenvalue weighted by Crippen LogP contribution is -2.27. The van der Waals surface area contributed by atoms with Crippen LogP contribution in [0.5, 0.6) is 0 Å². The molecule has 0 aliphatic heterocycles. The molecule has 0 saturated heterocycles. The lowest BCUT2D eigenvalue weighted by molar-refractivity contribution is 0.0902. The Bertz CT molecular complexity index is 999. The van der Waals surface area contributed by atoms with Gasteiger partial charge in [-0.2, -0.15) is 11.3 Å². The summed E-state index contributed by atoms with van der Waals surface area (Å²) in [5.74, 6) is 0. The zero-order chi connectivity index (χ0) is 21.9. The number of benzene rings is 1. The monoisotopic (exact) mass is 460 g/mol. The zero-order valence-electron chi connectivity index (χ0n) is 18.8. The van der Waals surface area contributed by atoms with Crippen molar-refractivity contribution in [2.75, 3.05) is 6.61 Å². The summed E-state index contributed by atoms with van der Waals surface area (Å²) in [6.07, 6.45) is 2.06. The molecule has 0 N–H and O–H groups in total. The highest BCUT2D eigenvalue weighted by molar-refractivity contribution is 7.91. The molecule has 4 nitrogen and oxygen atoms in total. The lowest BCUT2D eigenvalue weighted by atomic mass is 10.0. The van der Waals surface area contributed by atoms with E-state index in [1.807, 2.05) is 38.3 Å². The van der Waals surface area contributed by atoms with Crippen LogP contribution < -0.4 is 0 Å². The number of thiophene rings is 1. The first-order chi connectivity index (χ1) is 14.1. The summed E-state index contributed by atoms with van der Waals surface area (Å²) >= 11 is 0.283. The van der Waals surface area contributed by atoms with Crippen LogP contribution in [-0.4, -0.2) is 34.3 Å². The van der Waals surface area contributed by atoms with E-state index in [4.69, 9.17) is 4.74 Å². The Balaban J connectivity index is 1.94. The van der Waals surface area contributed by atoms with E-state index in [2.05, 4.69) is 58.4 Å². The Morgan fingerprint density at radius 2 is 1.97 bits per heavy atom. The predicted octanol–water partition coefficient (Wildman–Crippen LogP) is 6.31. The molecular weight excluding hydrogens is 428 g/mol. The van der Waals surface area contributed by atoms with Gasteiger partial charge in [0.1, 0.15) is 28.6 Å². The molecule has 1 aromatic carbocycles. The second-order valence-electron chi connectivity index (χ2n) is 9.69. The van der Waals surface area contributed by atoms with E-state index in [0.717, 1.165) is 40.4 Å². The lowest BCUT2D eigenvalue weighted by Gasteiger charge is -2.19. The normalized spacial score (nSPS) is 14.4. The molecule has 0 amide bonds. The smallest absolute Gasteiger partial charge is 0.144 e. The number of nitrogens with zero attached hydrogens (tertiary/aromatic N) is 2. The van der Waals surface area contributed by atoms with Gasteiger partial charge in [0, 0.05) is 42.8 Å². The molecule has 0 spiro atoms. The van der Waals surface area contributed by atoms with Crippen LogP contribution in [0.4, 0.5) is 0 Å². The van der Waals surface area contributed by atoms with Crippen molar-refractivity contribution in [3.8, 4) is 0 Å². The number of fused-ring (bicyclic) bond motifs is 1. The molecule has 2 heterocycles. The minimum Gasteiger partial charge on any atom is -0.591 e. The molecule has 0 radical (unpaired) electrons. The van der Waals surface area contributed by atoms with Crippen LogP contribution in [0.2, 0.25) is 25.7 Å². The Hall–Kier alpha value is -1.38. The summed E-state index contributed by atoms with van der Waals surface area (Å²) in [4.78, 5) is 0. The fourth-order valence-electron chi connectivity index (χ4n) is 2.96. The fourth-order valence-corrected chi connectivity index (χ4v) is 5.00. The van der Waals surface area contributed by atoms with Crippen LogP contribution in [0.15, 0.2) is 51.7 Å². The largest absolute Gasteiger partial charge is 0.591 e.